The van der Waals surface area contributed by atoms with Gasteiger partial charge in [-0.1, -0.05) is 22.0 Å². The smallest absolute Gasteiger partial charge is 0.319 e. The van der Waals surface area contributed by atoms with E-state index in [4.69, 9.17) is 0 Å². The Morgan fingerprint density at radius 3 is 2.54 bits per heavy atom. The highest BCUT2D eigenvalue weighted by molar-refractivity contribution is 9.10. The second-order valence-electron chi connectivity index (χ2n) is 6.12. The van der Waals surface area contributed by atoms with Crippen molar-refractivity contribution in [1.82, 2.24) is 15.1 Å². The number of aryl methyl sites for hydroxylation is 1. The predicted molar refractivity (Wildman–Crippen MR) is 113 cm³/mol. The van der Waals surface area contributed by atoms with Crippen molar-refractivity contribution in [3.63, 3.8) is 0 Å². The molecule has 3 N–H and O–H groups in total. The number of nitrogens with one attached hydrogen (secondary N) is 3. The van der Waals surface area contributed by atoms with Gasteiger partial charge in [-0.25, -0.2) is 9.48 Å². The summed E-state index contributed by atoms with van der Waals surface area (Å²) in [6, 6.07) is 16.2. The summed E-state index contributed by atoms with van der Waals surface area (Å²) in [5.41, 5.74) is 3.23. The number of halogens is 1. The fourth-order valence-electron chi connectivity index (χ4n) is 2.58. The molecule has 0 saturated carbocycles. The van der Waals surface area contributed by atoms with E-state index in [1.807, 2.05) is 49.4 Å². The van der Waals surface area contributed by atoms with Crippen LogP contribution in [0.1, 0.15) is 12.1 Å². The van der Waals surface area contributed by atoms with Crippen LogP contribution < -0.4 is 16.0 Å². The summed E-state index contributed by atoms with van der Waals surface area (Å²) in [5.74, 6) is -0.182. The Labute approximate surface area is 171 Å². The van der Waals surface area contributed by atoms with Gasteiger partial charge >= 0.3 is 6.03 Å². The molecule has 144 valence electrons. The van der Waals surface area contributed by atoms with Crippen LogP contribution in [0.15, 0.2) is 65.3 Å². The second kappa shape index (κ2) is 9.18. The van der Waals surface area contributed by atoms with Crippen LogP contribution in [0, 0.1) is 6.92 Å². The molecule has 1 heterocycles. The van der Waals surface area contributed by atoms with Crippen LogP contribution in [0.3, 0.4) is 0 Å². The van der Waals surface area contributed by atoms with Crippen LogP contribution >= 0.6 is 15.9 Å². The van der Waals surface area contributed by atoms with Crippen LogP contribution in [0.5, 0.6) is 0 Å². The Hall–Kier alpha value is -3.13. The van der Waals surface area contributed by atoms with Gasteiger partial charge in [-0.15, -0.1) is 0 Å². The van der Waals surface area contributed by atoms with Crippen LogP contribution in [0.25, 0.3) is 5.69 Å². The van der Waals surface area contributed by atoms with Crippen LogP contribution in [0.4, 0.5) is 16.2 Å². The molecule has 0 aliphatic heterocycles. The van der Waals surface area contributed by atoms with Crippen LogP contribution in [-0.4, -0.2) is 28.3 Å². The van der Waals surface area contributed by atoms with Crippen molar-refractivity contribution < 1.29 is 9.59 Å². The molecular formula is C20H20BrN5O2. The van der Waals surface area contributed by atoms with E-state index in [0.29, 0.717) is 11.4 Å². The van der Waals surface area contributed by atoms with Gasteiger partial charge in [-0.2, -0.15) is 5.10 Å². The lowest BCUT2D eigenvalue weighted by Crippen LogP contribution is -2.31. The number of carbonyl (C=O) groups is 2. The summed E-state index contributed by atoms with van der Waals surface area (Å²) < 4.78 is 2.73. The van der Waals surface area contributed by atoms with E-state index < -0.39 is 0 Å². The number of aromatic nitrogens is 2. The Kier molecular flexibility index (Phi) is 6.44. The molecule has 1 aromatic heterocycles. The lowest BCUT2D eigenvalue weighted by Gasteiger charge is -2.10. The van der Waals surface area contributed by atoms with Gasteiger partial charge in [-0.3, -0.25) is 4.79 Å². The van der Waals surface area contributed by atoms with Gasteiger partial charge in [-0.05, 0) is 55.5 Å². The zero-order chi connectivity index (χ0) is 19.9. The molecule has 7 nitrogen and oxygen atoms in total. The lowest BCUT2D eigenvalue weighted by atomic mass is 10.2. The number of benzene rings is 2. The molecule has 0 spiro atoms. The third-order valence-corrected chi connectivity index (χ3v) is 4.47. The average Bonchev–Trinajstić information content (AvgIpc) is 3.10. The van der Waals surface area contributed by atoms with E-state index in [0.717, 1.165) is 15.9 Å². The summed E-state index contributed by atoms with van der Waals surface area (Å²) in [5, 5.41) is 12.5. The number of hydrogen-bond donors (Lipinski definition) is 3. The van der Waals surface area contributed by atoms with Crippen LogP contribution in [0.2, 0.25) is 0 Å². The third-order valence-electron chi connectivity index (χ3n) is 3.95. The Bertz CT molecular complexity index is 969. The molecule has 8 heteroatoms. The van der Waals surface area contributed by atoms with E-state index in [2.05, 4.69) is 37.0 Å². The first-order chi connectivity index (χ1) is 13.5. The Balaban J connectivity index is 1.46. The minimum Gasteiger partial charge on any atom is -0.337 e. The molecule has 28 heavy (non-hydrogen) atoms. The lowest BCUT2D eigenvalue weighted by molar-refractivity contribution is -0.116. The SMILES string of the molecule is Cc1ccnn1-c1cccc(NC(=O)CCNC(=O)Nc2ccc(Br)cc2)c1. The molecule has 3 amide bonds. The largest absolute Gasteiger partial charge is 0.337 e. The van der Waals surface area contributed by atoms with Crippen molar-refractivity contribution in [2.75, 3.05) is 17.2 Å². The fourth-order valence-corrected chi connectivity index (χ4v) is 2.84. The number of hydrogen-bond acceptors (Lipinski definition) is 3. The van der Waals surface area contributed by atoms with Gasteiger partial charge in [0.05, 0.1) is 5.69 Å². The van der Waals surface area contributed by atoms with E-state index >= 15 is 0 Å². The zero-order valence-electron chi connectivity index (χ0n) is 15.3. The highest BCUT2D eigenvalue weighted by Gasteiger charge is 2.07. The van der Waals surface area contributed by atoms with E-state index in [9.17, 15) is 9.59 Å². The maximum absolute atomic E-state index is 12.1. The zero-order valence-corrected chi connectivity index (χ0v) is 16.9. The molecule has 0 unspecified atom stereocenters. The number of carbonyl (C=O) groups excluding carboxylic acids is 2. The quantitative estimate of drug-likeness (QED) is 0.537. The standard InChI is InChI=1S/C20H20BrN5O2/c1-14-9-12-23-26(14)18-4-2-3-17(13-18)24-19(27)10-11-22-20(28)25-16-7-5-15(21)6-8-16/h2-9,12-13H,10-11H2,1H3,(H,24,27)(H2,22,25,28). The maximum atomic E-state index is 12.1. The van der Waals surface area contributed by atoms with Gasteiger partial charge in [0.25, 0.3) is 0 Å². The molecule has 0 bridgehead atoms. The normalized spacial score (nSPS) is 10.4. The summed E-state index contributed by atoms with van der Waals surface area (Å²) in [7, 11) is 0. The van der Waals surface area contributed by atoms with Crippen molar-refractivity contribution in [2.24, 2.45) is 0 Å². The molecule has 0 saturated heterocycles. The van der Waals surface area contributed by atoms with Crippen molar-refractivity contribution in [3.8, 4) is 5.69 Å². The molecule has 0 aliphatic carbocycles. The molecule has 3 rings (SSSR count). The van der Waals surface area contributed by atoms with Crippen molar-refractivity contribution in [3.05, 3.63) is 71.0 Å². The molecule has 0 aliphatic rings. The first-order valence-electron chi connectivity index (χ1n) is 8.72. The van der Waals surface area contributed by atoms with Gasteiger partial charge in [0.1, 0.15) is 0 Å². The fraction of sp³-hybridized carbons (Fsp3) is 0.150. The first kappa shape index (κ1) is 19.6. The average molecular weight is 442 g/mol. The molecule has 3 aromatic rings. The third kappa shape index (κ3) is 5.43. The summed E-state index contributed by atoms with van der Waals surface area (Å²) in [4.78, 5) is 24.0. The molecule has 0 radical (unpaired) electrons. The van der Waals surface area contributed by atoms with Crippen molar-refractivity contribution in [1.29, 1.82) is 0 Å². The highest BCUT2D eigenvalue weighted by Crippen LogP contribution is 2.16. The van der Waals surface area contributed by atoms with Gasteiger partial charge in [0.2, 0.25) is 5.91 Å². The van der Waals surface area contributed by atoms with Gasteiger partial charge < -0.3 is 16.0 Å². The van der Waals surface area contributed by atoms with Crippen molar-refractivity contribution >= 4 is 39.2 Å². The number of urea groups is 1. The first-order valence-corrected chi connectivity index (χ1v) is 9.52. The summed E-state index contributed by atoms with van der Waals surface area (Å²) >= 11 is 3.34. The maximum Gasteiger partial charge on any atom is 0.319 e. The van der Waals surface area contributed by atoms with E-state index in [-0.39, 0.29) is 24.9 Å². The number of anilines is 2. The predicted octanol–water partition coefficient (Wildman–Crippen LogP) is 4.09. The van der Waals surface area contributed by atoms with E-state index in [1.54, 1.807) is 23.0 Å². The van der Waals surface area contributed by atoms with Gasteiger partial charge in [0, 0.05) is 40.7 Å². The topological polar surface area (TPSA) is 88.1 Å². The summed E-state index contributed by atoms with van der Waals surface area (Å²) in [6.45, 7) is 2.19. The number of amides is 3. The van der Waals surface area contributed by atoms with Crippen molar-refractivity contribution in [2.45, 2.75) is 13.3 Å². The minimum absolute atomic E-state index is 0.165. The van der Waals surface area contributed by atoms with E-state index in [1.165, 1.54) is 0 Å². The Morgan fingerprint density at radius 1 is 1.04 bits per heavy atom. The molecule has 2 aromatic carbocycles. The number of rotatable bonds is 6. The highest BCUT2D eigenvalue weighted by atomic mass is 79.9. The molecular weight excluding hydrogens is 422 g/mol. The monoisotopic (exact) mass is 441 g/mol. The van der Waals surface area contributed by atoms with Crippen LogP contribution in [-0.2, 0) is 4.79 Å². The molecule has 0 atom stereocenters. The van der Waals surface area contributed by atoms with Gasteiger partial charge in [0.15, 0.2) is 0 Å². The summed E-state index contributed by atoms with van der Waals surface area (Å²) in [6.07, 6.45) is 1.89. The second-order valence-corrected chi connectivity index (χ2v) is 7.04. The molecule has 0 fully saturated rings. The minimum atomic E-state index is -0.355. The Morgan fingerprint density at radius 2 is 1.82 bits per heavy atom. The number of nitrogens with zero attached hydrogens (tertiary/aromatic N) is 2.